The van der Waals surface area contributed by atoms with Gasteiger partial charge in [0, 0.05) is 13.1 Å². The fraction of sp³-hybridized carbons (Fsp3) is 0.364. The lowest BCUT2D eigenvalue weighted by atomic mass is 10.0. The molecule has 1 heterocycles. The van der Waals surface area contributed by atoms with Gasteiger partial charge < -0.3 is 19.5 Å². The van der Waals surface area contributed by atoms with Crippen molar-refractivity contribution in [3.8, 4) is 11.5 Å². The highest BCUT2D eigenvalue weighted by Gasteiger charge is 2.21. The van der Waals surface area contributed by atoms with Crippen LogP contribution in [0.3, 0.4) is 0 Å². The van der Waals surface area contributed by atoms with Gasteiger partial charge in [0.15, 0.2) is 0 Å². The van der Waals surface area contributed by atoms with Crippen LogP contribution in [0.25, 0.3) is 0 Å². The van der Waals surface area contributed by atoms with Gasteiger partial charge in [0.2, 0.25) is 0 Å². The summed E-state index contributed by atoms with van der Waals surface area (Å²) in [5.41, 5.74) is 3.35. The van der Waals surface area contributed by atoms with Gasteiger partial charge in [-0.3, -0.25) is 0 Å². The van der Waals surface area contributed by atoms with Crippen molar-refractivity contribution in [2.45, 2.75) is 39.7 Å². The van der Waals surface area contributed by atoms with Crippen molar-refractivity contribution in [2.75, 3.05) is 13.1 Å². The Bertz CT molecular complexity index is 890. The first-order valence-corrected chi connectivity index (χ1v) is 9.42. The molecule has 6 heteroatoms. The number of nitrogens with zero attached hydrogens (tertiary/aromatic N) is 1. The third kappa shape index (κ3) is 4.63. The molecule has 1 aliphatic heterocycles. The minimum atomic E-state index is -0.958. The van der Waals surface area contributed by atoms with Crippen molar-refractivity contribution in [3.05, 3.63) is 58.7 Å². The predicted molar refractivity (Wildman–Crippen MR) is 105 cm³/mol. The Labute approximate surface area is 164 Å². The Balaban J connectivity index is 1.72. The maximum absolute atomic E-state index is 12.2. The number of hydrogen-bond donors (Lipinski definition) is 1. The molecule has 0 radical (unpaired) electrons. The topological polar surface area (TPSA) is 76.1 Å². The van der Waals surface area contributed by atoms with E-state index >= 15 is 0 Å². The molecule has 0 aliphatic carbocycles. The third-order valence-electron chi connectivity index (χ3n) is 4.72. The van der Waals surface area contributed by atoms with Crippen molar-refractivity contribution in [2.24, 2.45) is 0 Å². The molecule has 0 aromatic heterocycles. The number of fused-ring (bicyclic) bond motifs is 1. The smallest absolute Gasteiger partial charge is 0.410 e. The van der Waals surface area contributed by atoms with Crippen LogP contribution in [-0.4, -0.2) is 41.3 Å². The maximum Gasteiger partial charge on any atom is 0.410 e. The lowest BCUT2D eigenvalue weighted by Gasteiger charge is -2.21. The van der Waals surface area contributed by atoms with Gasteiger partial charge in [-0.15, -0.1) is 0 Å². The summed E-state index contributed by atoms with van der Waals surface area (Å²) >= 11 is 0. The second-order valence-corrected chi connectivity index (χ2v) is 7.24. The summed E-state index contributed by atoms with van der Waals surface area (Å²) in [5, 5.41) is 9.08. The van der Waals surface area contributed by atoms with Gasteiger partial charge in [0.25, 0.3) is 0 Å². The van der Waals surface area contributed by atoms with Crippen LogP contribution >= 0.6 is 0 Å². The molecular formula is C22H25NO5. The molecule has 2 aromatic rings. The van der Waals surface area contributed by atoms with Crippen LogP contribution in [0.1, 0.15) is 40.9 Å². The number of ether oxygens (including phenoxy) is 2. The second kappa shape index (κ2) is 8.33. The number of aromatic carboxylic acids is 1. The number of carbonyl (C=O) groups excluding carboxylic acids is 1. The molecule has 0 saturated carbocycles. The summed E-state index contributed by atoms with van der Waals surface area (Å²) in [5.74, 6) is 0.365. The average Bonchev–Trinajstić information content (AvgIpc) is 2.85. The van der Waals surface area contributed by atoms with Crippen molar-refractivity contribution in [1.82, 2.24) is 4.90 Å². The van der Waals surface area contributed by atoms with E-state index in [1.54, 1.807) is 17.0 Å². The zero-order valence-electron chi connectivity index (χ0n) is 16.4. The van der Waals surface area contributed by atoms with E-state index in [1.807, 2.05) is 39.0 Å². The van der Waals surface area contributed by atoms with Gasteiger partial charge in [0.05, 0.1) is 11.7 Å². The van der Waals surface area contributed by atoms with E-state index in [0.717, 1.165) is 24.0 Å². The molecule has 0 fully saturated rings. The maximum atomic E-state index is 12.2. The molecule has 0 unspecified atom stereocenters. The van der Waals surface area contributed by atoms with E-state index in [4.69, 9.17) is 14.6 Å². The zero-order chi connectivity index (χ0) is 20.3. The van der Waals surface area contributed by atoms with Gasteiger partial charge in [-0.25, -0.2) is 9.59 Å². The van der Waals surface area contributed by atoms with Gasteiger partial charge in [0.1, 0.15) is 11.5 Å². The molecule has 1 aliphatic rings. The quantitative estimate of drug-likeness (QED) is 0.845. The summed E-state index contributed by atoms with van der Waals surface area (Å²) in [6.45, 7) is 6.75. The molecule has 1 amide bonds. The largest absolute Gasteiger partial charge is 0.478 e. The van der Waals surface area contributed by atoms with Crippen LogP contribution in [0.2, 0.25) is 0 Å². The normalized spacial score (nSPS) is 13.6. The van der Waals surface area contributed by atoms with E-state index in [9.17, 15) is 9.59 Å². The Morgan fingerprint density at radius 3 is 2.39 bits per heavy atom. The number of benzene rings is 2. The molecule has 0 saturated heterocycles. The number of carboxylic acid groups (broad SMARTS) is 1. The van der Waals surface area contributed by atoms with Crippen LogP contribution in [0.5, 0.6) is 11.5 Å². The van der Waals surface area contributed by atoms with Gasteiger partial charge >= 0.3 is 12.1 Å². The van der Waals surface area contributed by atoms with Crippen molar-refractivity contribution in [3.63, 3.8) is 0 Å². The van der Waals surface area contributed by atoms with Crippen molar-refractivity contribution in [1.29, 1.82) is 0 Å². The number of amides is 1. The molecule has 28 heavy (non-hydrogen) atoms. The monoisotopic (exact) mass is 383 g/mol. The van der Waals surface area contributed by atoms with Crippen LogP contribution in [0.15, 0.2) is 36.4 Å². The number of aryl methyl sites for hydroxylation is 1. The van der Waals surface area contributed by atoms with Gasteiger partial charge in [-0.05, 0) is 80.6 Å². The summed E-state index contributed by atoms with van der Waals surface area (Å²) in [6, 6.07) is 10.7. The van der Waals surface area contributed by atoms with E-state index in [-0.39, 0.29) is 17.8 Å². The first-order chi connectivity index (χ1) is 13.3. The molecular weight excluding hydrogens is 358 g/mol. The molecule has 3 rings (SSSR count). The van der Waals surface area contributed by atoms with E-state index in [1.165, 1.54) is 11.6 Å². The van der Waals surface area contributed by atoms with Crippen molar-refractivity contribution < 1.29 is 24.2 Å². The number of rotatable bonds is 4. The first-order valence-electron chi connectivity index (χ1n) is 9.42. The Morgan fingerprint density at radius 2 is 1.75 bits per heavy atom. The highest BCUT2D eigenvalue weighted by molar-refractivity contribution is 5.88. The fourth-order valence-corrected chi connectivity index (χ4v) is 3.25. The predicted octanol–water partition coefficient (Wildman–Crippen LogP) is 4.43. The van der Waals surface area contributed by atoms with Gasteiger partial charge in [-0.1, -0.05) is 6.07 Å². The molecule has 0 atom stereocenters. The minimum absolute atomic E-state index is 0.131. The molecule has 0 spiro atoms. The highest BCUT2D eigenvalue weighted by atomic mass is 16.6. The Hall–Kier alpha value is -3.02. The molecule has 1 N–H and O–H groups in total. The lowest BCUT2D eigenvalue weighted by molar-refractivity contribution is 0.0695. The summed E-state index contributed by atoms with van der Waals surface area (Å²) in [4.78, 5) is 25.0. The summed E-state index contributed by atoms with van der Waals surface area (Å²) in [6.07, 6.45) is 1.11. The fourth-order valence-electron chi connectivity index (χ4n) is 3.25. The Morgan fingerprint density at radius 1 is 1.04 bits per heavy atom. The van der Waals surface area contributed by atoms with E-state index in [0.29, 0.717) is 24.6 Å². The van der Waals surface area contributed by atoms with Gasteiger partial charge in [-0.2, -0.15) is 0 Å². The lowest BCUT2D eigenvalue weighted by Crippen LogP contribution is -2.35. The number of hydrogen-bond acceptors (Lipinski definition) is 4. The first kappa shape index (κ1) is 19.7. The highest BCUT2D eigenvalue weighted by Crippen LogP contribution is 2.29. The summed E-state index contributed by atoms with van der Waals surface area (Å²) in [7, 11) is 0. The van der Waals surface area contributed by atoms with Crippen LogP contribution in [0.4, 0.5) is 4.79 Å². The SMILES string of the molecule is Cc1cc(C(=O)O)ccc1Oc1ccc2c(c1)CCN(C(=O)OC(C)C)CC2. The number of carbonyl (C=O) groups is 2. The molecule has 2 aromatic carbocycles. The standard InChI is InChI=1S/C22H25NO5/c1-14(2)27-22(26)23-10-8-16-4-6-19(13-17(16)9-11-23)28-20-7-5-18(21(24)25)12-15(20)3/h4-7,12-14H,8-11H2,1-3H3,(H,24,25). The Kier molecular flexibility index (Phi) is 5.87. The minimum Gasteiger partial charge on any atom is -0.478 e. The molecule has 148 valence electrons. The molecule has 0 bridgehead atoms. The summed E-state index contributed by atoms with van der Waals surface area (Å²) < 4.78 is 11.3. The second-order valence-electron chi connectivity index (χ2n) is 7.24. The van der Waals surface area contributed by atoms with E-state index in [2.05, 4.69) is 0 Å². The van der Waals surface area contributed by atoms with E-state index < -0.39 is 5.97 Å². The van der Waals surface area contributed by atoms with Crippen LogP contribution < -0.4 is 4.74 Å². The zero-order valence-corrected chi connectivity index (χ0v) is 16.4. The van der Waals surface area contributed by atoms with Crippen molar-refractivity contribution >= 4 is 12.1 Å². The molecule has 6 nitrogen and oxygen atoms in total. The number of carboxylic acids is 1. The average molecular weight is 383 g/mol. The van der Waals surface area contributed by atoms with Crippen LogP contribution in [-0.2, 0) is 17.6 Å². The third-order valence-corrected chi connectivity index (χ3v) is 4.72. The van der Waals surface area contributed by atoms with Crippen LogP contribution in [0, 0.1) is 6.92 Å².